The molecular formula is C20H16Cl3N3O2. The van der Waals surface area contributed by atoms with Crippen molar-refractivity contribution in [1.29, 1.82) is 0 Å². The van der Waals surface area contributed by atoms with Crippen LogP contribution in [0.2, 0.25) is 15.1 Å². The number of benzene rings is 2. The van der Waals surface area contributed by atoms with Crippen LogP contribution in [0.25, 0.3) is 16.3 Å². The smallest absolute Gasteiger partial charge is 0.247 e. The summed E-state index contributed by atoms with van der Waals surface area (Å²) >= 11 is 18.3. The first kappa shape index (κ1) is 20.6. The fourth-order valence-electron chi connectivity index (χ4n) is 2.85. The van der Waals surface area contributed by atoms with Crippen molar-refractivity contribution in [2.75, 3.05) is 0 Å². The van der Waals surface area contributed by atoms with Crippen molar-refractivity contribution in [3.63, 3.8) is 0 Å². The minimum atomic E-state index is -0.735. The number of aliphatic hydroxyl groups excluding tert-OH is 1. The van der Waals surface area contributed by atoms with E-state index in [0.717, 1.165) is 11.1 Å². The van der Waals surface area contributed by atoms with Gasteiger partial charge in [-0.3, -0.25) is 0 Å². The zero-order chi connectivity index (χ0) is 20.4. The van der Waals surface area contributed by atoms with Crippen LogP contribution in [0, 0.1) is 13.5 Å². The van der Waals surface area contributed by atoms with E-state index in [-0.39, 0.29) is 5.89 Å². The van der Waals surface area contributed by atoms with Gasteiger partial charge in [-0.25, -0.2) is 4.85 Å². The molecule has 0 bridgehead atoms. The van der Waals surface area contributed by atoms with Gasteiger partial charge in [-0.05, 0) is 49.6 Å². The van der Waals surface area contributed by atoms with Crippen molar-refractivity contribution in [2.45, 2.75) is 32.3 Å². The van der Waals surface area contributed by atoms with E-state index in [1.807, 2.05) is 13.0 Å². The van der Waals surface area contributed by atoms with Crippen LogP contribution in [0.1, 0.15) is 29.9 Å². The second-order valence-corrected chi connectivity index (χ2v) is 7.61. The Kier molecular flexibility index (Phi) is 6.26. The number of aliphatic hydroxyl groups is 1. The van der Waals surface area contributed by atoms with Gasteiger partial charge < -0.3 is 9.52 Å². The number of aromatic nitrogens is 2. The molecule has 1 heterocycles. The molecule has 1 N–H and O–H groups in total. The van der Waals surface area contributed by atoms with Crippen molar-refractivity contribution in [1.82, 2.24) is 10.2 Å². The first-order chi connectivity index (χ1) is 13.3. The molecule has 0 aliphatic carbocycles. The normalized spacial score (nSPS) is 13.2. The number of nitrogens with zero attached hydrogens (tertiary/aromatic N) is 3. The van der Waals surface area contributed by atoms with Crippen molar-refractivity contribution >= 4 is 40.5 Å². The molecule has 8 heteroatoms. The Balaban J connectivity index is 1.92. The molecule has 2 aromatic carbocycles. The zero-order valence-corrected chi connectivity index (χ0v) is 17.3. The second kappa shape index (κ2) is 8.50. The molecule has 0 unspecified atom stereocenters. The fourth-order valence-corrected chi connectivity index (χ4v) is 3.37. The van der Waals surface area contributed by atoms with Gasteiger partial charge in [0.2, 0.25) is 17.5 Å². The maximum absolute atomic E-state index is 10.3. The lowest BCUT2D eigenvalue weighted by atomic mass is 9.92. The van der Waals surface area contributed by atoms with E-state index >= 15 is 0 Å². The molecule has 0 radical (unpaired) electrons. The summed E-state index contributed by atoms with van der Waals surface area (Å²) in [5, 5.41) is 19.7. The molecule has 1 aromatic heterocycles. The van der Waals surface area contributed by atoms with Gasteiger partial charge in [-0.15, -0.1) is 10.2 Å². The molecule has 0 amide bonds. The second-order valence-electron chi connectivity index (χ2n) is 6.42. The zero-order valence-electron chi connectivity index (χ0n) is 15.1. The maximum atomic E-state index is 10.3. The molecule has 0 spiro atoms. The van der Waals surface area contributed by atoms with E-state index in [0.29, 0.717) is 38.6 Å². The predicted molar refractivity (Wildman–Crippen MR) is 110 cm³/mol. The van der Waals surface area contributed by atoms with Crippen LogP contribution in [0.15, 0.2) is 34.7 Å². The molecule has 3 rings (SSSR count). The number of hydrogen-bond acceptors (Lipinski definition) is 4. The van der Waals surface area contributed by atoms with Crippen molar-refractivity contribution in [2.24, 2.45) is 0 Å². The summed E-state index contributed by atoms with van der Waals surface area (Å²) in [4.78, 5) is 3.40. The Labute approximate surface area is 177 Å². The van der Waals surface area contributed by atoms with E-state index in [4.69, 9.17) is 45.8 Å². The van der Waals surface area contributed by atoms with Crippen LogP contribution in [-0.2, 0) is 6.42 Å². The maximum Gasteiger partial charge on any atom is 0.247 e. The van der Waals surface area contributed by atoms with E-state index in [2.05, 4.69) is 15.0 Å². The van der Waals surface area contributed by atoms with Gasteiger partial charge in [0.25, 0.3) is 0 Å². The van der Waals surface area contributed by atoms with Crippen molar-refractivity contribution in [3.05, 3.63) is 73.8 Å². The molecule has 28 heavy (non-hydrogen) atoms. The summed E-state index contributed by atoms with van der Waals surface area (Å²) in [6.07, 6.45) is -0.300. The molecule has 5 nitrogen and oxygen atoms in total. The Morgan fingerprint density at radius 1 is 1.14 bits per heavy atom. The lowest BCUT2D eigenvalue weighted by Crippen LogP contribution is -2.18. The van der Waals surface area contributed by atoms with Crippen molar-refractivity contribution in [3.8, 4) is 11.5 Å². The molecule has 0 saturated heterocycles. The van der Waals surface area contributed by atoms with Gasteiger partial charge in [0.15, 0.2) is 0 Å². The van der Waals surface area contributed by atoms with E-state index in [1.165, 1.54) is 0 Å². The topological polar surface area (TPSA) is 63.5 Å². The number of halogens is 3. The number of hydrogen-bond donors (Lipinski definition) is 1. The Hall–Kier alpha value is -2.10. The van der Waals surface area contributed by atoms with Gasteiger partial charge in [0.05, 0.1) is 33.7 Å². The van der Waals surface area contributed by atoms with Crippen LogP contribution in [0.5, 0.6) is 0 Å². The first-order valence-electron chi connectivity index (χ1n) is 8.44. The predicted octanol–water partition coefficient (Wildman–Crippen LogP) is 6.26. The third-order valence-corrected chi connectivity index (χ3v) is 5.76. The highest BCUT2D eigenvalue weighted by molar-refractivity contribution is 6.42. The third kappa shape index (κ3) is 4.16. The monoisotopic (exact) mass is 435 g/mol. The molecule has 0 aliphatic rings. The third-order valence-electron chi connectivity index (χ3n) is 4.55. The highest BCUT2D eigenvalue weighted by Gasteiger charge is 2.26. The van der Waals surface area contributed by atoms with Gasteiger partial charge >= 0.3 is 0 Å². The number of rotatable bonds is 5. The molecule has 144 valence electrons. The molecule has 0 aliphatic heterocycles. The van der Waals surface area contributed by atoms with Gasteiger partial charge in [0.1, 0.15) is 0 Å². The minimum Gasteiger partial charge on any atom is -0.420 e. The average Bonchev–Trinajstić information content (AvgIpc) is 3.14. The molecule has 2 atom stereocenters. The highest BCUT2D eigenvalue weighted by Crippen LogP contribution is 2.34. The summed E-state index contributed by atoms with van der Waals surface area (Å²) in [5.74, 6) is 0.163. The average molecular weight is 437 g/mol. The van der Waals surface area contributed by atoms with Gasteiger partial charge in [-0.1, -0.05) is 46.9 Å². The quantitative estimate of drug-likeness (QED) is 0.479. The molecule has 0 saturated carbocycles. The molecule has 3 aromatic rings. The summed E-state index contributed by atoms with van der Waals surface area (Å²) in [6.45, 7) is 10.7. The minimum absolute atomic E-state index is 0.289. The summed E-state index contributed by atoms with van der Waals surface area (Å²) < 4.78 is 5.81. The van der Waals surface area contributed by atoms with Crippen molar-refractivity contribution < 1.29 is 9.52 Å². The van der Waals surface area contributed by atoms with E-state index in [9.17, 15) is 5.11 Å². The van der Waals surface area contributed by atoms with Crippen LogP contribution in [0.3, 0.4) is 0 Å². The summed E-state index contributed by atoms with van der Waals surface area (Å²) in [5.41, 5.74) is 2.73. The SMILES string of the molecule is [C-]#[N+]c1ccc(C[C@@H](c2nnc(-c3ccc(Cl)c(Cl)c3)o2)[C@H](C)O)c(C)c1Cl. The van der Waals surface area contributed by atoms with Crippen LogP contribution < -0.4 is 0 Å². The lowest BCUT2D eigenvalue weighted by Gasteiger charge is -2.18. The highest BCUT2D eigenvalue weighted by atomic mass is 35.5. The molecular weight excluding hydrogens is 421 g/mol. The molecule has 0 fully saturated rings. The van der Waals surface area contributed by atoms with Crippen LogP contribution in [-0.4, -0.2) is 21.4 Å². The van der Waals surface area contributed by atoms with Gasteiger partial charge in [-0.2, -0.15) is 0 Å². The van der Waals surface area contributed by atoms with E-state index in [1.54, 1.807) is 31.2 Å². The Morgan fingerprint density at radius 3 is 2.54 bits per heavy atom. The first-order valence-corrected chi connectivity index (χ1v) is 9.57. The fraction of sp³-hybridized carbons (Fsp3) is 0.250. The largest absolute Gasteiger partial charge is 0.420 e. The Bertz CT molecular complexity index is 1060. The Morgan fingerprint density at radius 2 is 1.89 bits per heavy atom. The standard InChI is InChI=1S/C20H16Cl3N3O2/c1-10-12(5-7-17(24-3)18(10)23)8-14(11(2)27)20-26-25-19(28-20)13-4-6-15(21)16(22)9-13/h4-7,9,11,14,27H,8H2,1-2H3/t11-,14+/m0/s1. The van der Waals surface area contributed by atoms with E-state index < -0.39 is 12.0 Å². The summed E-state index contributed by atoms with van der Waals surface area (Å²) in [6, 6.07) is 8.53. The van der Waals surface area contributed by atoms with Crippen LogP contribution in [0.4, 0.5) is 5.69 Å². The lowest BCUT2D eigenvalue weighted by molar-refractivity contribution is 0.148. The summed E-state index contributed by atoms with van der Waals surface area (Å²) in [7, 11) is 0. The van der Waals surface area contributed by atoms with Gasteiger partial charge in [0, 0.05) is 5.56 Å². The van der Waals surface area contributed by atoms with Crippen LogP contribution >= 0.6 is 34.8 Å².